The number of aromatic nitrogens is 2. The van der Waals surface area contributed by atoms with Crippen LogP contribution >= 0.6 is 0 Å². The highest BCUT2D eigenvalue weighted by molar-refractivity contribution is 5.81. The molecule has 1 aromatic rings. The lowest BCUT2D eigenvalue weighted by Crippen LogP contribution is -2.56. The smallest absolute Gasteiger partial charge is 0.229 e. The van der Waals surface area contributed by atoms with Gasteiger partial charge in [0.05, 0.1) is 19.1 Å². The third-order valence-corrected chi connectivity index (χ3v) is 3.39. The maximum atomic E-state index is 12.2. The van der Waals surface area contributed by atoms with Gasteiger partial charge in [0.2, 0.25) is 11.9 Å². The number of ether oxygens (including phenoxy) is 1. The number of anilines is 1. The van der Waals surface area contributed by atoms with Crippen LogP contribution in [-0.4, -0.2) is 60.2 Å². The van der Waals surface area contributed by atoms with Gasteiger partial charge in [0.1, 0.15) is 0 Å². The first kappa shape index (κ1) is 11.4. The van der Waals surface area contributed by atoms with Crippen molar-refractivity contribution in [1.29, 1.82) is 0 Å². The van der Waals surface area contributed by atoms with E-state index in [0.717, 1.165) is 26.2 Å². The molecule has 0 atom stereocenters. The van der Waals surface area contributed by atoms with Crippen molar-refractivity contribution in [2.45, 2.75) is 0 Å². The summed E-state index contributed by atoms with van der Waals surface area (Å²) < 4.78 is 5.25. The second kappa shape index (κ2) is 4.89. The monoisotopic (exact) mass is 248 g/mol. The quantitative estimate of drug-likeness (QED) is 0.723. The Morgan fingerprint density at radius 2 is 1.89 bits per heavy atom. The third-order valence-electron chi connectivity index (χ3n) is 3.39. The third kappa shape index (κ3) is 2.15. The summed E-state index contributed by atoms with van der Waals surface area (Å²) >= 11 is 0. The average Bonchev–Trinajstić information content (AvgIpc) is 2.39. The van der Waals surface area contributed by atoms with E-state index in [-0.39, 0.29) is 11.8 Å². The molecule has 18 heavy (non-hydrogen) atoms. The van der Waals surface area contributed by atoms with Crippen molar-refractivity contribution in [3.8, 4) is 0 Å². The van der Waals surface area contributed by atoms with Crippen LogP contribution in [-0.2, 0) is 9.53 Å². The molecule has 0 aliphatic carbocycles. The van der Waals surface area contributed by atoms with E-state index >= 15 is 0 Å². The van der Waals surface area contributed by atoms with Crippen LogP contribution in [0.1, 0.15) is 0 Å². The zero-order chi connectivity index (χ0) is 12.4. The Kier molecular flexibility index (Phi) is 3.10. The van der Waals surface area contributed by atoms with Crippen molar-refractivity contribution in [3.05, 3.63) is 18.5 Å². The Bertz CT molecular complexity index is 413. The van der Waals surface area contributed by atoms with Gasteiger partial charge in [-0.1, -0.05) is 0 Å². The molecule has 0 saturated carbocycles. The summed E-state index contributed by atoms with van der Waals surface area (Å²) in [7, 11) is 0. The lowest BCUT2D eigenvalue weighted by atomic mass is 9.99. The molecule has 0 aromatic carbocycles. The predicted octanol–water partition coefficient (Wildman–Crippen LogP) is -0.228. The van der Waals surface area contributed by atoms with Gasteiger partial charge in [0, 0.05) is 38.6 Å². The van der Waals surface area contributed by atoms with Crippen LogP contribution < -0.4 is 4.90 Å². The van der Waals surface area contributed by atoms with Gasteiger partial charge in [-0.25, -0.2) is 9.97 Å². The van der Waals surface area contributed by atoms with Gasteiger partial charge in [-0.2, -0.15) is 0 Å². The molecule has 0 N–H and O–H groups in total. The number of carbonyl (C=O) groups is 1. The van der Waals surface area contributed by atoms with Crippen LogP contribution in [0.25, 0.3) is 0 Å². The molecule has 2 saturated heterocycles. The Balaban J connectivity index is 1.54. The normalized spacial score (nSPS) is 20.7. The summed E-state index contributed by atoms with van der Waals surface area (Å²) in [5.74, 6) is 1.04. The molecule has 2 fully saturated rings. The van der Waals surface area contributed by atoms with Crippen LogP contribution in [0.4, 0.5) is 5.95 Å². The molecule has 2 aliphatic rings. The van der Waals surface area contributed by atoms with Gasteiger partial charge < -0.3 is 14.5 Å². The van der Waals surface area contributed by atoms with Gasteiger partial charge in [0.25, 0.3) is 0 Å². The topological polar surface area (TPSA) is 58.6 Å². The fraction of sp³-hybridized carbons (Fsp3) is 0.583. The summed E-state index contributed by atoms with van der Waals surface area (Å²) in [6.07, 6.45) is 3.44. The second-order valence-electron chi connectivity index (χ2n) is 4.59. The van der Waals surface area contributed by atoms with E-state index in [1.165, 1.54) is 0 Å². The number of hydrogen-bond donors (Lipinski definition) is 0. The van der Waals surface area contributed by atoms with Crippen molar-refractivity contribution < 1.29 is 9.53 Å². The van der Waals surface area contributed by atoms with Gasteiger partial charge in [-0.05, 0) is 6.07 Å². The molecule has 2 aliphatic heterocycles. The van der Waals surface area contributed by atoms with Crippen LogP contribution in [0.2, 0.25) is 0 Å². The minimum absolute atomic E-state index is 0.0897. The van der Waals surface area contributed by atoms with Crippen LogP contribution in [0.3, 0.4) is 0 Å². The molecule has 0 unspecified atom stereocenters. The largest absolute Gasteiger partial charge is 0.378 e. The first-order chi connectivity index (χ1) is 8.84. The molecular weight excluding hydrogens is 232 g/mol. The number of rotatable bonds is 2. The molecule has 0 spiro atoms. The molecule has 3 heterocycles. The summed E-state index contributed by atoms with van der Waals surface area (Å²) in [5, 5.41) is 0. The SMILES string of the molecule is O=C(C1CN(c2ncccn2)C1)N1CCOCC1. The Morgan fingerprint density at radius 3 is 2.56 bits per heavy atom. The number of amides is 1. The number of morpholine rings is 1. The highest BCUT2D eigenvalue weighted by Crippen LogP contribution is 2.22. The summed E-state index contributed by atoms with van der Waals surface area (Å²) in [6, 6.07) is 1.79. The molecular formula is C12H16N4O2. The maximum Gasteiger partial charge on any atom is 0.229 e. The first-order valence-electron chi connectivity index (χ1n) is 6.23. The summed E-state index contributed by atoms with van der Waals surface area (Å²) in [5.41, 5.74) is 0. The minimum Gasteiger partial charge on any atom is -0.378 e. The highest BCUT2D eigenvalue weighted by Gasteiger charge is 2.36. The lowest BCUT2D eigenvalue weighted by Gasteiger charge is -2.41. The zero-order valence-corrected chi connectivity index (χ0v) is 10.2. The highest BCUT2D eigenvalue weighted by atomic mass is 16.5. The fourth-order valence-electron chi connectivity index (χ4n) is 2.29. The standard InChI is InChI=1S/C12H16N4O2/c17-11(15-4-6-18-7-5-15)10-8-16(9-10)12-13-2-1-3-14-12/h1-3,10H,4-9H2. The molecule has 0 bridgehead atoms. The van der Waals surface area contributed by atoms with Gasteiger partial charge in [0.15, 0.2) is 0 Å². The van der Waals surface area contributed by atoms with Crippen LogP contribution in [0, 0.1) is 5.92 Å². The Morgan fingerprint density at radius 1 is 1.22 bits per heavy atom. The molecule has 96 valence electrons. The van der Waals surface area contributed by atoms with Crippen molar-refractivity contribution >= 4 is 11.9 Å². The van der Waals surface area contributed by atoms with Crippen LogP contribution in [0.15, 0.2) is 18.5 Å². The van der Waals surface area contributed by atoms with Crippen molar-refractivity contribution in [3.63, 3.8) is 0 Å². The average molecular weight is 248 g/mol. The van der Waals surface area contributed by atoms with E-state index in [1.807, 2.05) is 9.80 Å². The number of nitrogens with zero attached hydrogens (tertiary/aromatic N) is 4. The zero-order valence-electron chi connectivity index (χ0n) is 10.2. The van der Waals surface area contributed by atoms with E-state index in [1.54, 1.807) is 18.5 Å². The van der Waals surface area contributed by atoms with E-state index in [2.05, 4.69) is 9.97 Å². The van der Waals surface area contributed by atoms with Gasteiger partial charge in [-0.15, -0.1) is 0 Å². The van der Waals surface area contributed by atoms with Gasteiger partial charge >= 0.3 is 0 Å². The number of hydrogen-bond acceptors (Lipinski definition) is 5. The molecule has 1 amide bonds. The van der Waals surface area contributed by atoms with Crippen molar-refractivity contribution in [2.24, 2.45) is 5.92 Å². The minimum atomic E-state index is 0.0897. The molecule has 3 rings (SSSR count). The number of carbonyl (C=O) groups excluding carboxylic acids is 1. The van der Waals surface area contributed by atoms with Crippen molar-refractivity contribution in [1.82, 2.24) is 14.9 Å². The van der Waals surface area contributed by atoms with E-state index in [0.29, 0.717) is 19.2 Å². The molecule has 1 aromatic heterocycles. The van der Waals surface area contributed by atoms with E-state index in [4.69, 9.17) is 4.74 Å². The molecule has 6 nitrogen and oxygen atoms in total. The van der Waals surface area contributed by atoms with E-state index < -0.39 is 0 Å². The van der Waals surface area contributed by atoms with Gasteiger partial charge in [-0.3, -0.25) is 4.79 Å². The lowest BCUT2D eigenvalue weighted by molar-refractivity contribution is -0.140. The first-order valence-corrected chi connectivity index (χ1v) is 6.23. The maximum absolute atomic E-state index is 12.2. The molecule has 0 radical (unpaired) electrons. The van der Waals surface area contributed by atoms with Crippen molar-refractivity contribution in [2.75, 3.05) is 44.3 Å². The van der Waals surface area contributed by atoms with Crippen LogP contribution in [0.5, 0.6) is 0 Å². The fourth-order valence-corrected chi connectivity index (χ4v) is 2.29. The van der Waals surface area contributed by atoms with E-state index in [9.17, 15) is 4.79 Å². The predicted molar refractivity (Wildman–Crippen MR) is 65.1 cm³/mol. The Hall–Kier alpha value is -1.69. The summed E-state index contributed by atoms with van der Waals surface area (Å²) in [4.78, 5) is 24.4. The molecule has 6 heteroatoms. The second-order valence-corrected chi connectivity index (χ2v) is 4.59. The summed E-state index contributed by atoms with van der Waals surface area (Å²) in [6.45, 7) is 4.20. The Labute approximate surface area is 106 Å².